The van der Waals surface area contributed by atoms with E-state index in [2.05, 4.69) is 19.2 Å². The molecule has 0 aliphatic carbocycles. The van der Waals surface area contributed by atoms with Gasteiger partial charge in [0.1, 0.15) is 11.5 Å². The van der Waals surface area contributed by atoms with Gasteiger partial charge in [0.05, 0.1) is 7.11 Å². The lowest BCUT2D eigenvalue weighted by Crippen LogP contribution is -2.32. The Morgan fingerprint density at radius 3 is 2.25 bits per heavy atom. The molecule has 0 heterocycles. The third kappa shape index (κ3) is 4.51. The van der Waals surface area contributed by atoms with E-state index in [1.807, 2.05) is 43.3 Å². The average molecular weight is 327 g/mol. The van der Waals surface area contributed by atoms with Crippen molar-refractivity contribution in [3.05, 3.63) is 54.1 Å². The van der Waals surface area contributed by atoms with E-state index in [1.165, 1.54) is 0 Å². The second-order valence-corrected chi connectivity index (χ2v) is 5.92. The minimum absolute atomic E-state index is 0.138. The normalized spacial score (nSPS) is 11.9. The maximum absolute atomic E-state index is 12.6. The summed E-state index contributed by atoms with van der Waals surface area (Å²) in [6.07, 6.45) is 0.0421. The first-order valence-corrected chi connectivity index (χ1v) is 8.25. The van der Waals surface area contributed by atoms with Crippen molar-refractivity contribution in [1.82, 2.24) is 0 Å². The van der Waals surface area contributed by atoms with Gasteiger partial charge in [-0.3, -0.25) is 4.79 Å². The topological polar surface area (TPSA) is 47.6 Å². The van der Waals surface area contributed by atoms with E-state index in [9.17, 15) is 4.79 Å². The lowest BCUT2D eigenvalue weighted by molar-refractivity contribution is -0.122. The Labute approximate surface area is 143 Å². The van der Waals surface area contributed by atoms with Crippen molar-refractivity contribution in [3.63, 3.8) is 0 Å². The molecule has 1 unspecified atom stereocenters. The summed E-state index contributed by atoms with van der Waals surface area (Å²) in [4.78, 5) is 12.6. The number of hydrogen-bond donors (Lipinski definition) is 1. The summed E-state index contributed by atoms with van der Waals surface area (Å²) in [5.74, 6) is 1.60. The van der Waals surface area contributed by atoms with Crippen molar-refractivity contribution in [2.75, 3.05) is 12.4 Å². The fraction of sp³-hybridized carbons (Fsp3) is 0.350. The molecule has 0 bridgehead atoms. The number of anilines is 1. The summed E-state index contributed by atoms with van der Waals surface area (Å²) in [5, 5.41) is 3.00. The van der Waals surface area contributed by atoms with Crippen molar-refractivity contribution in [2.45, 2.75) is 39.2 Å². The SMILES string of the molecule is CCC(Oc1ccc(OC)cc1)C(=O)Nc1ccccc1C(C)C. The fourth-order valence-electron chi connectivity index (χ4n) is 2.47. The van der Waals surface area contributed by atoms with Crippen molar-refractivity contribution in [3.8, 4) is 11.5 Å². The van der Waals surface area contributed by atoms with Crippen LogP contribution < -0.4 is 14.8 Å². The molecule has 0 saturated carbocycles. The van der Waals surface area contributed by atoms with Gasteiger partial charge in [0.2, 0.25) is 0 Å². The first-order chi connectivity index (χ1) is 11.5. The van der Waals surface area contributed by atoms with Crippen LogP contribution in [0.2, 0.25) is 0 Å². The highest BCUT2D eigenvalue weighted by Gasteiger charge is 2.20. The predicted octanol–water partition coefficient (Wildman–Crippen LogP) is 4.61. The van der Waals surface area contributed by atoms with Crippen LogP contribution in [0.5, 0.6) is 11.5 Å². The number of amides is 1. The third-order valence-electron chi connectivity index (χ3n) is 3.84. The van der Waals surface area contributed by atoms with Gasteiger partial charge in [0.15, 0.2) is 6.10 Å². The molecule has 0 fully saturated rings. The van der Waals surface area contributed by atoms with Crippen molar-refractivity contribution < 1.29 is 14.3 Å². The van der Waals surface area contributed by atoms with Crippen LogP contribution in [0.1, 0.15) is 38.7 Å². The number of carbonyl (C=O) groups is 1. The lowest BCUT2D eigenvalue weighted by atomic mass is 10.0. The van der Waals surface area contributed by atoms with E-state index in [0.29, 0.717) is 18.1 Å². The maximum Gasteiger partial charge on any atom is 0.265 e. The van der Waals surface area contributed by atoms with Gasteiger partial charge in [0, 0.05) is 5.69 Å². The quantitative estimate of drug-likeness (QED) is 0.807. The lowest BCUT2D eigenvalue weighted by Gasteiger charge is -2.19. The van der Waals surface area contributed by atoms with Gasteiger partial charge in [0.25, 0.3) is 5.91 Å². The average Bonchev–Trinajstić information content (AvgIpc) is 2.60. The molecule has 128 valence electrons. The van der Waals surface area contributed by atoms with Crippen molar-refractivity contribution in [2.24, 2.45) is 0 Å². The van der Waals surface area contributed by atoms with Gasteiger partial charge in [-0.1, -0.05) is 39.0 Å². The monoisotopic (exact) mass is 327 g/mol. The number of carbonyl (C=O) groups excluding carboxylic acids is 1. The van der Waals surface area contributed by atoms with Crippen LogP contribution in [0.25, 0.3) is 0 Å². The van der Waals surface area contributed by atoms with Gasteiger partial charge >= 0.3 is 0 Å². The van der Waals surface area contributed by atoms with Crippen LogP contribution in [-0.2, 0) is 4.79 Å². The maximum atomic E-state index is 12.6. The Hall–Kier alpha value is -2.49. The smallest absolute Gasteiger partial charge is 0.265 e. The van der Waals surface area contributed by atoms with Gasteiger partial charge in [-0.25, -0.2) is 0 Å². The van der Waals surface area contributed by atoms with Crippen LogP contribution in [0.4, 0.5) is 5.69 Å². The molecule has 4 nitrogen and oxygen atoms in total. The molecule has 0 spiro atoms. The summed E-state index contributed by atoms with van der Waals surface area (Å²) < 4.78 is 11.0. The molecule has 1 amide bonds. The van der Waals surface area contributed by atoms with E-state index in [-0.39, 0.29) is 5.91 Å². The second-order valence-electron chi connectivity index (χ2n) is 5.92. The summed E-state index contributed by atoms with van der Waals surface area (Å²) in [7, 11) is 1.62. The van der Waals surface area contributed by atoms with E-state index < -0.39 is 6.10 Å². The molecule has 0 aliphatic rings. The molecule has 0 radical (unpaired) electrons. The number of methoxy groups -OCH3 is 1. The molecule has 1 atom stereocenters. The highest BCUT2D eigenvalue weighted by atomic mass is 16.5. The largest absolute Gasteiger partial charge is 0.497 e. The van der Waals surface area contributed by atoms with E-state index in [0.717, 1.165) is 17.0 Å². The Balaban J connectivity index is 2.08. The molecule has 2 aromatic carbocycles. The molecule has 0 saturated heterocycles. The number of hydrogen-bond acceptors (Lipinski definition) is 3. The van der Waals surface area contributed by atoms with Crippen molar-refractivity contribution >= 4 is 11.6 Å². The molecule has 2 rings (SSSR count). The Morgan fingerprint density at radius 1 is 1.04 bits per heavy atom. The highest BCUT2D eigenvalue weighted by Crippen LogP contribution is 2.24. The minimum Gasteiger partial charge on any atom is -0.497 e. The molecule has 1 N–H and O–H groups in total. The zero-order valence-electron chi connectivity index (χ0n) is 14.7. The van der Waals surface area contributed by atoms with Crippen LogP contribution in [0, 0.1) is 0 Å². The molecule has 2 aromatic rings. The van der Waals surface area contributed by atoms with Gasteiger partial charge in [-0.2, -0.15) is 0 Å². The van der Waals surface area contributed by atoms with Gasteiger partial charge < -0.3 is 14.8 Å². The highest BCUT2D eigenvalue weighted by molar-refractivity contribution is 5.95. The molecule has 0 aromatic heterocycles. The summed E-state index contributed by atoms with van der Waals surface area (Å²) in [6, 6.07) is 15.1. The van der Waals surface area contributed by atoms with Crippen LogP contribution in [0.3, 0.4) is 0 Å². The molecular weight excluding hydrogens is 302 g/mol. The molecular formula is C20H25NO3. The Morgan fingerprint density at radius 2 is 1.67 bits per heavy atom. The number of para-hydroxylation sites is 1. The summed E-state index contributed by atoms with van der Waals surface area (Å²) in [5.41, 5.74) is 1.96. The number of nitrogens with one attached hydrogen (secondary N) is 1. The fourth-order valence-corrected chi connectivity index (χ4v) is 2.47. The number of benzene rings is 2. The number of rotatable bonds is 7. The molecule has 24 heavy (non-hydrogen) atoms. The van der Waals surface area contributed by atoms with Gasteiger partial charge in [-0.15, -0.1) is 0 Å². The number of ether oxygens (including phenoxy) is 2. The molecule has 4 heteroatoms. The summed E-state index contributed by atoms with van der Waals surface area (Å²) >= 11 is 0. The zero-order chi connectivity index (χ0) is 17.5. The van der Waals surface area contributed by atoms with Gasteiger partial charge in [-0.05, 0) is 48.2 Å². The minimum atomic E-state index is -0.543. The van der Waals surface area contributed by atoms with E-state index in [4.69, 9.17) is 9.47 Å². The molecule has 0 aliphatic heterocycles. The third-order valence-corrected chi connectivity index (χ3v) is 3.84. The van der Waals surface area contributed by atoms with E-state index in [1.54, 1.807) is 19.2 Å². The van der Waals surface area contributed by atoms with Crippen molar-refractivity contribution in [1.29, 1.82) is 0 Å². The first kappa shape index (κ1) is 17.9. The van der Waals surface area contributed by atoms with E-state index >= 15 is 0 Å². The Kier molecular flexibility index (Phi) is 6.24. The zero-order valence-corrected chi connectivity index (χ0v) is 14.7. The standard InChI is InChI=1S/C20H25NO3/c1-5-19(24-16-12-10-15(23-4)11-13-16)20(22)21-18-9-7-6-8-17(18)14(2)3/h6-14,19H,5H2,1-4H3,(H,21,22). The predicted molar refractivity (Wildman–Crippen MR) is 96.9 cm³/mol. The Bertz CT molecular complexity index is 665. The van der Waals surface area contributed by atoms with Crippen LogP contribution in [0.15, 0.2) is 48.5 Å². The van der Waals surface area contributed by atoms with Crippen LogP contribution >= 0.6 is 0 Å². The van der Waals surface area contributed by atoms with Crippen LogP contribution in [-0.4, -0.2) is 19.1 Å². The second kappa shape index (κ2) is 8.39. The first-order valence-electron chi connectivity index (χ1n) is 8.25. The summed E-state index contributed by atoms with van der Waals surface area (Å²) in [6.45, 7) is 6.15.